The van der Waals surface area contributed by atoms with E-state index in [2.05, 4.69) is 25.9 Å². The monoisotopic (exact) mass is 372 g/mol. The summed E-state index contributed by atoms with van der Waals surface area (Å²) in [7, 11) is 0. The minimum atomic E-state index is -0.760. The van der Waals surface area contributed by atoms with Crippen LogP contribution in [0.2, 0.25) is 5.28 Å². The predicted molar refractivity (Wildman–Crippen MR) is 85.5 cm³/mol. The lowest BCUT2D eigenvalue weighted by molar-refractivity contribution is 0.0986. The Labute approximate surface area is 136 Å². The van der Waals surface area contributed by atoms with Crippen molar-refractivity contribution < 1.29 is 9.18 Å². The van der Waals surface area contributed by atoms with Crippen molar-refractivity contribution in [3.05, 3.63) is 58.4 Å². The van der Waals surface area contributed by atoms with E-state index in [0.29, 0.717) is 11.3 Å². The van der Waals surface area contributed by atoms with Crippen LogP contribution in [-0.4, -0.2) is 15.8 Å². The molecule has 0 N–H and O–H groups in total. The molecule has 0 aliphatic carbocycles. The number of nitrogens with zero attached hydrogens (tertiary/aromatic N) is 2. The van der Waals surface area contributed by atoms with Gasteiger partial charge in [-0.1, -0.05) is 41.9 Å². The minimum absolute atomic E-state index is 0.0246. The summed E-state index contributed by atoms with van der Waals surface area (Å²) in [6, 6.07) is 6.24. The first kappa shape index (κ1) is 17.7. The molecule has 0 aliphatic heterocycles. The van der Waals surface area contributed by atoms with Crippen LogP contribution in [0.15, 0.2) is 30.5 Å². The lowest BCUT2D eigenvalue weighted by Gasteiger charge is -2.10. The van der Waals surface area contributed by atoms with Gasteiger partial charge in [0, 0.05) is 6.20 Å². The topological polar surface area (TPSA) is 42.9 Å². The molecule has 1 atom stereocenters. The van der Waals surface area contributed by atoms with Gasteiger partial charge in [0.05, 0.1) is 11.3 Å². The molecule has 0 spiro atoms. The van der Waals surface area contributed by atoms with Crippen LogP contribution in [0.3, 0.4) is 0 Å². The minimum Gasteiger partial charge on any atom is -0.292 e. The largest absolute Gasteiger partial charge is 0.292 e. The van der Waals surface area contributed by atoms with E-state index in [0.717, 1.165) is 0 Å². The molecule has 2 rings (SSSR count). The summed E-state index contributed by atoms with van der Waals surface area (Å²) < 4.78 is 13.9. The van der Waals surface area contributed by atoms with Gasteiger partial charge in [0.15, 0.2) is 5.78 Å². The first-order valence-corrected chi connectivity index (χ1v) is 7.72. The van der Waals surface area contributed by atoms with E-state index in [1.54, 1.807) is 25.1 Å². The van der Waals surface area contributed by atoms with Crippen molar-refractivity contribution in [2.75, 3.05) is 0 Å². The number of carbonyl (C=O) groups is 1. The van der Waals surface area contributed by atoms with Gasteiger partial charge in [-0.05, 0) is 36.2 Å². The molecular formula is C15H15BrClFN2O. The number of carbonyl (C=O) groups excluding carboxylic acids is 1. The Kier molecular flexibility index (Phi) is 6.92. The Morgan fingerprint density at radius 2 is 2.00 bits per heavy atom. The van der Waals surface area contributed by atoms with E-state index >= 15 is 0 Å². The molecule has 0 aliphatic rings. The molecular weight excluding hydrogens is 359 g/mol. The van der Waals surface area contributed by atoms with Crippen molar-refractivity contribution >= 4 is 33.3 Å². The maximum atomic E-state index is 13.9. The normalized spacial score (nSPS) is 11.3. The molecule has 0 amide bonds. The van der Waals surface area contributed by atoms with Gasteiger partial charge in [0.25, 0.3) is 0 Å². The number of alkyl halides is 1. The van der Waals surface area contributed by atoms with Crippen LogP contribution >= 0.6 is 27.5 Å². The second-order valence-corrected chi connectivity index (χ2v) is 5.17. The molecule has 21 heavy (non-hydrogen) atoms. The van der Waals surface area contributed by atoms with E-state index in [1.807, 2.05) is 13.8 Å². The highest BCUT2D eigenvalue weighted by Gasteiger charge is 2.23. The van der Waals surface area contributed by atoms with Crippen molar-refractivity contribution in [2.24, 2.45) is 0 Å². The van der Waals surface area contributed by atoms with Crippen LogP contribution in [0.25, 0.3) is 0 Å². The Morgan fingerprint density at radius 1 is 1.33 bits per heavy atom. The maximum Gasteiger partial charge on any atom is 0.222 e. The van der Waals surface area contributed by atoms with Crippen molar-refractivity contribution in [3.8, 4) is 0 Å². The van der Waals surface area contributed by atoms with Crippen molar-refractivity contribution in [3.63, 3.8) is 0 Å². The standard InChI is InChI=1S/C13H9BrClFN2O.C2H6/c1-7-3-2-4-8(11(7)16)12(19)10(14)9-5-6-17-13(15)18-9;1-2/h2-6,10H,1H3;1-2H3. The number of Topliss-reactive ketones (excluding diaryl/α,β-unsaturated/α-hetero) is 1. The summed E-state index contributed by atoms with van der Waals surface area (Å²) in [6.45, 7) is 5.61. The Morgan fingerprint density at radius 3 is 2.62 bits per heavy atom. The summed E-state index contributed by atoms with van der Waals surface area (Å²) in [5.41, 5.74) is 0.841. The third kappa shape index (κ3) is 4.32. The molecule has 0 saturated carbocycles. The smallest absolute Gasteiger partial charge is 0.222 e. The molecule has 6 heteroatoms. The fourth-order valence-electron chi connectivity index (χ4n) is 1.60. The summed E-state index contributed by atoms with van der Waals surface area (Å²) in [5, 5.41) is 0.0412. The average molecular weight is 374 g/mol. The number of benzene rings is 1. The molecule has 112 valence electrons. The lowest BCUT2D eigenvalue weighted by atomic mass is 10.0. The van der Waals surface area contributed by atoms with Crippen molar-refractivity contribution in [1.29, 1.82) is 0 Å². The fourth-order valence-corrected chi connectivity index (χ4v) is 2.25. The number of halogens is 3. The lowest BCUT2D eigenvalue weighted by Crippen LogP contribution is -2.11. The Hall–Kier alpha value is -1.33. The molecule has 0 fully saturated rings. The predicted octanol–water partition coefficient (Wildman–Crippen LogP) is 4.92. The number of hydrogen-bond donors (Lipinski definition) is 0. The van der Waals surface area contributed by atoms with Gasteiger partial charge >= 0.3 is 0 Å². The molecule has 1 heterocycles. The zero-order chi connectivity index (χ0) is 16.0. The second-order valence-electron chi connectivity index (χ2n) is 3.91. The summed E-state index contributed by atoms with van der Waals surface area (Å²) in [4.78, 5) is 19.1. The number of rotatable bonds is 3. The summed E-state index contributed by atoms with van der Waals surface area (Å²) in [5.74, 6) is -0.923. The van der Waals surface area contributed by atoms with Gasteiger partial charge in [0.2, 0.25) is 5.28 Å². The molecule has 0 saturated heterocycles. The number of aryl methyl sites for hydroxylation is 1. The average Bonchev–Trinajstić information content (AvgIpc) is 2.50. The van der Waals surface area contributed by atoms with Crippen LogP contribution in [-0.2, 0) is 0 Å². The highest BCUT2D eigenvalue weighted by atomic mass is 79.9. The molecule has 1 unspecified atom stereocenters. The van der Waals surface area contributed by atoms with Crippen LogP contribution in [0, 0.1) is 12.7 Å². The van der Waals surface area contributed by atoms with Crippen molar-refractivity contribution in [1.82, 2.24) is 9.97 Å². The summed E-state index contributed by atoms with van der Waals surface area (Å²) >= 11 is 8.88. The van der Waals surface area contributed by atoms with Gasteiger partial charge in [-0.25, -0.2) is 14.4 Å². The van der Waals surface area contributed by atoms with E-state index in [-0.39, 0.29) is 10.8 Å². The SMILES string of the molecule is CC.Cc1cccc(C(=O)C(Br)c2ccnc(Cl)n2)c1F. The molecule has 0 bridgehead atoms. The van der Waals surface area contributed by atoms with Gasteiger partial charge in [-0.15, -0.1) is 0 Å². The van der Waals surface area contributed by atoms with Crippen LogP contribution in [0.1, 0.15) is 40.3 Å². The van der Waals surface area contributed by atoms with Gasteiger partial charge in [-0.3, -0.25) is 4.79 Å². The van der Waals surface area contributed by atoms with Crippen molar-refractivity contribution in [2.45, 2.75) is 25.6 Å². The molecule has 1 aromatic heterocycles. The van der Waals surface area contributed by atoms with Gasteiger partial charge < -0.3 is 0 Å². The number of aromatic nitrogens is 2. The quantitative estimate of drug-likeness (QED) is 0.435. The zero-order valence-corrected chi connectivity index (χ0v) is 14.2. The number of hydrogen-bond acceptors (Lipinski definition) is 3. The van der Waals surface area contributed by atoms with E-state index in [1.165, 1.54) is 12.3 Å². The van der Waals surface area contributed by atoms with Crippen LogP contribution in [0.5, 0.6) is 0 Å². The molecule has 0 radical (unpaired) electrons. The third-order valence-electron chi connectivity index (χ3n) is 2.59. The molecule has 3 nitrogen and oxygen atoms in total. The van der Waals surface area contributed by atoms with Crippen LogP contribution < -0.4 is 0 Å². The number of ketones is 1. The second kappa shape index (κ2) is 8.20. The zero-order valence-electron chi connectivity index (χ0n) is 11.9. The van der Waals surface area contributed by atoms with Gasteiger partial charge in [0.1, 0.15) is 10.6 Å². The van der Waals surface area contributed by atoms with E-state index < -0.39 is 16.4 Å². The van der Waals surface area contributed by atoms with Crippen LogP contribution in [0.4, 0.5) is 4.39 Å². The first-order chi connectivity index (χ1) is 10.0. The summed E-state index contributed by atoms with van der Waals surface area (Å²) in [6.07, 6.45) is 1.44. The Bertz CT molecular complexity index is 637. The molecule has 2 aromatic rings. The fraction of sp³-hybridized carbons (Fsp3) is 0.267. The van der Waals surface area contributed by atoms with E-state index in [9.17, 15) is 9.18 Å². The first-order valence-electron chi connectivity index (χ1n) is 6.42. The van der Waals surface area contributed by atoms with Gasteiger partial charge in [-0.2, -0.15) is 0 Å². The maximum absolute atomic E-state index is 13.9. The Balaban J connectivity index is 0.00000106. The van der Waals surface area contributed by atoms with E-state index in [4.69, 9.17) is 11.6 Å². The third-order valence-corrected chi connectivity index (χ3v) is 3.66. The highest BCUT2D eigenvalue weighted by molar-refractivity contribution is 9.09. The highest BCUT2D eigenvalue weighted by Crippen LogP contribution is 2.27. The molecule has 1 aromatic carbocycles.